The molecule has 0 radical (unpaired) electrons. The van der Waals surface area contributed by atoms with E-state index in [1.165, 1.54) is 12.7 Å². The molecule has 0 atom stereocenters. The highest BCUT2D eigenvalue weighted by molar-refractivity contribution is 5.78. The van der Waals surface area contributed by atoms with Crippen LogP contribution in [-0.4, -0.2) is 41.8 Å². The number of methoxy groups -OCH3 is 1. The first kappa shape index (κ1) is 19.2. The second-order valence-electron chi connectivity index (χ2n) is 6.72. The monoisotopic (exact) mass is 403 g/mol. The molecule has 3 heterocycles. The summed E-state index contributed by atoms with van der Waals surface area (Å²) >= 11 is 0. The molecule has 0 saturated carbocycles. The van der Waals surface area contributed by atoms with Crippen LogP contribution in [0.5, 0.6) is 5.75 Å². The van der Waals surface area contributed by atoms with Gasteiger partial charge in [0, 0.05) is 24.9 Å². The normalized spacial score (nSPS) is 10.7. The third-order valence-corrected chi connectivity index (χ3v) is 4.27. The lowest BCUT2D eigenvalue weighted by Crippen LogP contribution is -2.02. The van der Waals surface area contributed by atoms with Gasteiger partial charge in [0.15, 0.2) is 11.6 Å². The second kappa shape index (κ2) is 8.11. The number of nitrogens with zero attached hydrogens (tertiary/aromatic N) is 7. The Balaban J connectivity index is 1.65. The standard InChI is InChI=1S/C20H21N9O/c1-12-5-14(20-25-11-29(3)28-20)19(30-4)15(6-12)26-17-8-18(24-10-23-17)27-16-7-13(2)21-9-22-16/h5-11H,1-4H3,(H2,21,22,23,24,26,27). The molecule has 1 aromatic carbocycles. The minimum atomic E-state index is 0.588. The molecular formula is C20H21N9O. The van der Waals surface area contributed by atoms with Gasteiger partial charge in [-0.2, -0.15) is 5.10 Å². The van der Waals surface area contributed by atoms with Gasteiger partial charge in [0.1, 0.15) is 36.4 Å². The Kier molecular flexibility index (Phi) is 5.21. The molecule has 0 spiro atoms. The number of benzene rings is 1. The number of nitrogens with one attached hydrogen (secondary N) is 2. The number of ether oxygens (including phenoxy) is 1. The lowest BCUT2D eigenvalue weighted by atomic mass is 10.1. The second-order valence-corrected chi connectivity index (χ2v) is 6.72. The van der Waals surface area contributed by atoms with Crippen LogP contribution < -0.4 is 15.4 Å². The van der Waals surface area contributed by atoms with Gasteiger partial charge in [-0.25, -0.2) is 24.9 Å². The molecule has 3 aromatic heterocycles. The van der Waals surface area contributed by atoms with E-state index in [9.17, 15) is 0 Å². The molecule has 0 bridgehead atoms. The third kappa shape index (κ3) is 4.17. The van der Waals surface area contributed by atoms with Crippen LogP contribution in [-0.2, 0) is 7.05 Å². The van der Waals surface area contributed by atoms with E-state index >= 15 is 0 Å². The zero-order chi connectivity index (χ0) is 21.1. The van der Waals surface area contributed by atoms with Crippen LogP contribution in [0.4, 0.5) is 23.1 Å². The van der Waals surface area contributed by atoms with E-state index in [2.05, 4.69) is 40.7 Å². The Labute approximate surface area is 173 Å². The van der Waals surface area contributed by atoms with E-state index in [1.54, 1.807) is 24.2 Å². The number of hydrogen-bond acceptors (Lipinski definition) is 9. The van der Waals surface area contributed by atoms with Crippen molar-refractivity contribution in [2.45, 2.75) is 13.8 Å². The number of anilines is 4. The lowest BCUT2D eigenvalue weighted by Gasteiger charge is -2.15. The van der Waals surface area contributed by atoms with Gasteiger partial charge in [0.05, 0.1) is 18.4 Å². The highest BCUT2D eigenvalue weighted by atomic mass is 16.5. The van der Waals surface area contributed by atoms with E-state index in [0.29, 0.717) is 29.0 Å². The Morgan fingerprint density at radius 2 is 1.53 bits per heavy atom. The smallest absolute Gasteiger partial charge is 0.184 e. The molecular weight excluding hydrogens is 382 g/mol. The fraction of sp³-hybridized carbons (Fsp3) is 0.200. The summed E-state index contributed by atoms with van der Waals surface area (Å²) in [5.74, 6) is 3.08. The molecule has 30 heavy (non-hydrogen) atoms. The van der Waals surface area contributed by atoms with Crippen molar-refractivity contribution in [3.63, 3.8) is 0 Å². The zero-order valence-electron chi connectivity index (χ0n) is 17.1. The number of aromatic nitrogens is 7. The highest BCUT2D eigenvalue weighted by Gasteiger charge is 2.16. The molecule has 10 heteroatoms. The van der Waals surface area contributed by atoms with Gasteiger partial charge in [0.25, 0.3) is 0 Å². The average molecular weight is 403 g/mol. The van der Waals surface area contributed by atoms with Crippen LogP contribution in [0.1, 0.15) is 11.3 Å². The average Bonchev–Trinajstić information content (AvgIpc) is 3.14. The Bertz CT molecular complexity index is 1190. The summed E-state index contributed by atoms with van der Waals surface area (Å²) in [6.07, 6.45) is 4.63. The first-order valence-electron chi connectivity index (χ1n) is 9.21. The third-order valence-electron chi connectivity index (χ3n) is 4.27. The molecule has 152 valence electrons. The minimum Gasteiger partial charge on any atom is -0.494 e. The summed E-state index contributed by atoms with van der Waals surface area (Å²) in [6.45, 7) is 3.90. The quantitative estimate of drug-likeness (QED) is 0.501. The maximum absolute atomic E-state index is 5.68. The number of aryl methyl sites for hydroxylation is 3. The minimum absolute atomic E-state index is 0.588. The fourth-order valence-electron chi connectivity index (χ4n) is 3.00. The van der Waals surface area contributed by atoms with Gasteiger partial charge in [-0.15, -0.1) is 0 Å². The summed E-state index contributed by atoms with van der Waals surface area (Å²) in [6, 6.07) is 7.60. The predicted molar refractivity (Wildman–Crippen MR) is 113 cm³/mol. The van der Waals surface area contributed by atoms with Gasteiger partial charge in [-0.05, 0) is 31.5 Å². The Hall–Kier alpha value is -4.08. The molecule has 0 amide bonds. The van der Waals surface area contributed by atoms with Gasteiger partial charge < -0.3 is 15.4 Å². The summed E-state index contributed by atoms with van der Waals surface area (Å²) in [4.78, 5) is 21.2. The number of rotatable bonds is 6. The number of hydrogen-bond donors (Lipinski definition) is 2. The molecule has 0 aliphatic carbocycles. The van der Waals surface area contributed by atoms with Crippen LogP contribution in [0.3, 0.4) is 0 Å². The highest BCUT2D eigenvalue weighted by Crippen LogP contribution is 2.37. The van der Waals surface area contributed by atoms with E-state index in [0.717, 1.165) is 22.5 Å². The van der Waals surface area contributed by atoms with Crippen molar-refractivity contribution in [1.82, 2.24) is 34.7 Å². The molecule has 0 saturated heterocycles. The Morgan fingerprint density at radius 1 is 0.833 bits per heavy atom. The fourth-order valence-corrected chi connectivity index (χ4v) is 3.00. The van der Waals surface area contributed by atoms with Gasteiger partial charge in [-0.1, -0.05) is 0 Å². The molecule has 0 unspecified atom stereocenters. The first-order valence-corrected chi connectivity index (χ1v) is 9.21. The summed E-state index contributed by atoms with van der Waals surface area (Å²) in [5.41, 5.74) is 3.44. The maximum Gasteiger partial charge on any atom is 0.184 e. The van der Waals surface area contributed by atoms with Crippen molar-refractivity contribution in [2.75, 3.05) is 17.7 Å². The van der Waals surface area contributed by atoms with Crippen molar-refractivity contribution < 1.29 is 4.74 Å². The zero-order valence-corrected chi connectivity index (χ0v) is 17.1. The lowest BCUT2D eigenvalue weighted by molar-refractivity contribution is 0.418. The van der Waals surface area contributed by atoms with E-state index in [-0.39, 0.29) is 0 Å². The molecule has 0 aliphatic rings. The Morgan fingerprint density at radius 3 is 2.20 bits per heavy atom. The van der Waals surface area contributed by atoms with E-state index in [4.69, 9.17) is 4.74 Å². The van der Waals surface area contributed by atoms with Gasteiger partial charge >= 0.3 is 0 Å². The van der Waals surface area contributed by atoms with Crippen LogP contribution in [0.25, 0.3) is 11.4 Å². The van der Waals surface area contributed by atoms with Gasteiger partial charge in [0.2, 0.25) is 0 Å². The molecule has 4 rings (SSSR count). The van der Waals surface area contributed by atoms with E-state index in [1.807, 2.05) is 39.1 Å². The predicted octanol–water partition coefficient (Wildman–Crippen LogP) is 3.17. The topological polar surface area (TPSA) is 116 Å². The summed E-state index contributed by atoms with van der Waals surface area (Å²) in [7, 11) is 3.44. The molecule has 0 aliphatic heterocycles. The van der Waals surface area contributed by atoms with Gasteiger partial charge in [-0.3, -0.25) is 4.68 Å². The molecule has 2 N–H and O–H groups in total. The molecule has 10 nitrogen and oxygen atoms in total. The molecule has 4 aromatic rings. The van der Waals surface area contributed by atoms with Crippen molar-refractivity contribution in [1.29, 1.82) is 0 Å². The van der Waals surface area contributed by atoms with Crippen molar-refractivity contribution in [3.8, 4) is 17.1 Å². The van der Waals surface area contributed by atoms with E-state index < -0.39 is 0 Å². The van der Waals surface area contributed by atoms with Crippen LogP contribution in [0.2, 0.25) is 0 Å². The SMILES string of the molecule is COc1c(Nc2cc(Nc3cc(C)ncn3)ncn2)cc(C)cc1-c1ncn(C)n1. The molecule has 0 fully saturated rings. The van der Waals surface area contributed by atoms with Crippen molar-refractivity contribution >= 4 is 23.1 Å². The maximum atomic E-state index is 5.68. The summed E-state index contributed by atoms with van der Waals surface area (Å²) in [5, 5.41) is 10.9. The van der Waals surface area contributed by atoms with Crippen molar-refractivity contribution in [3.05, 3.63) is 54.5 Å². The van der Waals surface area contributed by atoms with Crippen LogP contribution in [0, 0.1) is 13.8 Å². The van der Waals surface area contributed by atoms with Crippen LogP contribution in [0.15, 0.2) is 43.2 Å². The first-order chi connectivity index (χ1) is 14.5. The summed E-state index contributed by atoms with van der Waals surface area (Å²) < 4.78 is 7.33. The van der Waals surface area contributed by atoms with Crippen LogP contribution >= 0.6 is 0 Å². The van der Waals surface area contributed by atoms with Crippen molar-refractivity contribution in [2.24, 2.45) is 7.05 Å². The largest absolute Gasteiger partial charge is 0.494 e.